The molecule has 1 N–H and O–H groups in total. The number of anilines is 3. The summed E-state index contributed by atoms with van der Waals surface area (Å²) in [5, 5.41) is 3.36. The van der Waals surface area contributed by atoms with Gasteiger partial charge in [0.25, 0.3) is 5.91 Å². The van der Waals surface area contributed by atoms with Crippen LogP contribution in [0.3, 0.4) is 0 Å². The van der Waals surface area contributed by atoms with Crippen LogP contribution in [0.2, 0.25) is 0 Å². The van der Waals surface area contributed by atoms with E-state index in [2.05, 4.69) is 56.2 Å². The molecule has 4 aromatic rings. The number of amides is 1. The van der Waals surface area contributed by atoms with E-state index in [0.717, 1.165) is 67.3 Å². The van der Waals surface area contributed by atoms with Crippen LogP contribution >= 0.6 is 0 Å². The van der Waals surface area contributed by atoms with Crippen molar-refractivity contribution in [3.8, 4) is 11.3 Å². The van der Waals surface area contributed by atoms with Gasteiger partial charge in [0.1, 0.15) is 0 Å². The highest BCUT2D eigenvalue weighted by Crippen LogP contribution is 2.27. The first-order chi connectivity index (χ1) is 19.5. The highest BCUT2D eigenvalue weighted by Gasteiger charge is 2.19. The van der Waals surface area contributed by atoms with Gasteiger partial charge in [-0.05, 0) is 74.0 Å². The van der Waals surface area contributed by atoms with E-state index >= 15 is 0 Å². The summed E-state index contributed by atoms with van der Waals surface area (Å²) in [7, 11) is 2.17. The van der Waals surface area contributed by atoms with Crippen molar-refractivity contribution in [3.63, 3.8) is 0 Å². The number of carbonyl (C=O) groups excluding carboxylic acids is 1. The first-order valence-corrected chi connectivity index (χ1v) is 13.9. The summed E-state index contributed by atoms with van der Waals surface area (Å²) >= 11 is 0. The average molecular weight is 536 g/mol. The molecule has 40 heavy (non-hydrogen) atoms. The SMILES string of the molecule is CCCN(C(=O)c1ccc(CN2CCN(C)CC2)cc1)c1ccc(C)c(Nc2nccc(-c3cccnc3)n2)c1. The van der Waals surface area contributed by atoms with Gasteiger partial charge in [0.05, 0.1) is 5.69 Å². The second kappa shape index (κ2) is 12.8. The Morgan fingerprint density at radius 3 is 2.52 bits per heavy atom. The first kappa shape index (κ1) is 27.4. The van der Waals surface area contributed by atoms with E-state index in [1.54, 1.807) is 18.6 Å². The van der Waals surface area contributed by atoms with Crippen molar-refractivity contribution < 1.29 is 4.79 Å². The van der Waals surface area contributed by atoms with Gasteiger partial charge < -0.3 is 15.1 Å². The van der Waals surface area contributed by atoms with E-state index in [1.807, 2.05) is 60.4 Å². The molecule has 2 aromatic heterocycles. The fourth-order valence-electron chi connectivity index (χ4n) is 4.87. The number of nitrogens with zero attached hydrogens (tertiary/aromatic N) is 6. The molecule has 0 atom stereocenters. The number of piperazine rings is 1. The fraction of sp³-hybridized carbons (Fsp3) is 0.312. The Hall–Kier alpha value is -4.14. The van der Waals surface area contributed by atoms with E-state index in [0.29, 0.717) is 18.1 Å². The number of aryl methyl sites for hydroxylation is 1. The molecule has 3 heterocycles. The molecule has 1 aliphatic rings. The van der Waals surface area contributed by atoms with Gasteiger partial charge in [-0.3, -0.25) is 14.7 Å². The highest BCUT2D eigenvalue weighted by molar-refractivity contribution is 6.06. The van der Waals surface area contributed by atoms with Gasteiger partial charge in [-0.1, -0.05) is 25.1 Å². The van der Waals surface area contributed by atoms with E-state index < -0.39 is 0 Å². The third kappa shape index (κ3) is 6.70. The van der Waals surface area contributed by atoms with Crippen molar-refractivity contribution in [3.05, 3.63) is 95.9 Å². The van der Waals surface area contributed by atoms with Crippen LogP contribution in [-0.2, 0) is 6.54 Å². The van der Waals surface area contributed by atoms with Gasteiger partial charge >= 0.3 is 0 Å². The van der Waals surface area contributed by atoms with Crippen LogP contribution in [-0.4, -0.2) is 70.4 Å². The van der Waals surface area contributed by atoms with E-state index in [9.17, 15) is 4.79 Å². The lowest BCUT2D eigenvalue weighted by Crippen LogP contribution is -2.43. The Balaban J connectivity index is 1.32. The topological polar surface area (TPSA) is 77.5 Å². The summed E-state index contributed by atoms with van der Waals surface area (Å²) in [4.78, 5) is 33.7. The van der Waals surface area contributed by atoms with Crippen molar-refractivity contribution in [2.45, 2.75) is 26.8 Å². The molecule has 0 bridgehead atoms. The van der Waals surface area contributed by atoms with Crippen LogP contribution < -0.4 is 10.2 Å². The lowest BCUT2D eigenvalue weighted by molar-refractivity contribution is 0.0987. The Kier molecular flexibility index (Phi) is 8.78. The van der Waals surface area contributed by atoms with Gasteiger partial charge in [-0.15, -0.1) is 0 Å². The zero-order valence-corrected chi connectivity index (χ0v) is 23.5. The Morgan fingerprint density at radius 1 is 1.00 bits per heavy atom. The maximum Gasteiger partial charge on any atom is 0.258 e. The summed E-state index contributed by atoms with van der Waals surface area (Å²) < 4.78 is 0. The summed E-state index contributed by atoms with van der Waals surface area (Å²) in [6.45, 7) is 9.99. The van der Waals surface area contributed by atoms with Gasteiger partial charge in [-0.25, -0.2) is 9.97 Å². The number of hydrogen-bond donors (Lipinski definition) is 1. The van der Waals surface area contributed by atoms with E-state index in [1.165, 1.54) is 5.56 Å². The van der Waals surface area contributed by atoms with Crippen molar-refractivity contribution in [1.29, 1.82) is 0 Å². The third-order valence-electron chi connectivity index (χ3n) is 7.29. The average Bonchev–Trinajstić information content (AvgIpc) is 2.99. The zero-order chi connectivity index (χ0) is 27.9. The molecule has 0 spiro atoms. The normalized spacial score (nSPS) is 14.2. The number of aromatic nitrogens is 3. The predicted octanol–water partition coefficient (Wildman–Crippen LogP) is 5.39. The number of likely N-dealkylation sites (N-methyl/N-ethyl adjacent to an activating group) is 1. The number of carbonyl (C=O) groups is 1. The van der Waals surface area contributed by atoms with Crippen LogP contribution in [0.5, 0.6) is 0 Å². The maximum absolute atomic E-state index is 13.7. The lowest BCUT2D eigenvalue weighted by atomic mass is 10.1. The molecule has 0 radical (unpaired) electrons. The molecule has 8 nitrogen and oxygen atoms in total. The minimum Gasteiger partial charge on any atom is -0.324 e. The maximum atomic E-state index is 13.7. The minimum absolute atomic E-state index is 0.00220. The molecular weight excluding hydrogens is 498 g/mol. The molecule has 5 rings (SSSR count). The number of benzene rings is 2. The number of hydrogen-bond acceptors (Lipinski definition) is 7. The molecule has 2 aromatic carbocycles. The number of pyridine rings is 1. The van der Waals surface area contributed by atoms with Crippen LogP contribution in [0.4, 0.5) is 17.3 Å². The van der Waals surface area contributed by atoms with Crippen LogP contribution in [0, 0.1) is 6.92 Å². The van der Waals surface area contributed by atoms with Crippen molar-refractivity contribution in [2.75, 3.05) is 50.0 Å². The predicted molar refractivity (Wildman–Crippen MR) is 161 cm³/mol. The summed E-state index contributed by atoms with van der Waals surface area (Å²) in [6, 6.07) is 19.9. The molecule has 0 unspecified atom stereocenters. The Morgan fingerprint density at radius 2 is 1.80 bits per heavy atom. The molecule has 1 amide bonds. The lowest BCUT2D eigenvalue weighted by Gasteiger charge is -2.32. The second-order valence-electron chi connectivity index (χ2n) is 10.4. The fourth-order valence-corrected chi connectivity index (χ4v) is 4.87. The Bertz CT molecular complexity index is 1420. The summed E-state index contributed by atoms with van der Waals surface area (Å²) in [5.41, 5.74) is 6.38. The standard InChI is InChI=1S/C32H37N7O/c1-4-16-39(31(40)26-10-8-25(9-11-26)23-38-19-17-37(3)18-20-38)28-12-7-24(2)30(21-28)36-32-34-15-13-29(35-32)27-6-5-14-33-22-27/h5-15,21-22H,4,16-20,23H2,1-3H3,(H,34,35,36). The van der Waals surface area contributed by atoms with Gasteiger partial charge in [-0.2, -0.15) is 0 Å². The van der Waals surface area contributed by atoms with Gasteiger partial charge in [0, 0.05) is 80.4 Å². The van der Waals surface area contributed by atoms with Gasteiger partial charge in [0.15, 0.2) is 0 Å². The van der Waals surface area contributed by atoms with Crippen molar-refractivity contribution in [1.82, 2.24) is 24.8 Å². The third-order valence-corrected chi connectivity index (χ3v) is 7.29. The molecule has 206 valence electrons. The molecule has 0 saturated carbocycles. The van der Waals surface area contributed by atoms with Crippen LogP contribution in [0.1, 0.15) is 34.8 Å². The number of nitrogens with one attached hydrogen (secondary N) is 1. The molecule has 1 aliphatic heterocycles. The molecule has 8 heteroatoms. The van der Waals surface area contributed by atoms with Crippen molar-refractivity contribution in [2.24, 2.45) is 0 Å². The molecule has 1 saturated heterocycles. The van der Waals surface area contributed by atoms with Crippen LogP contribution in [0.15, 0.2) is 79.3 Å². The van der Waals surface area contributed by atoms with E-state index in [4.69, 9.17) is 0 Å². The minimum atomic E-state index is -0.00220. The zero-order valence-electron chi connectivity index (χ0n) is 23.5. The smallest absolute Gasteiger partial charge is 0.258 e. The molecule has 1 fully saturated rings. The quantitative estimate of drug-likeness (QED) is 0.308. The largest absolute Gasteiger partial charge is 0.324 e. The monoisotopic (exact) mass is 535 g/mol. The summed E-state index contributed by atoms with van der Waals surface area (Å²) in [6.07, 6.45) is 6.10. The molecule has 0 aliphatic carbocycles. The second-order valence-corrected chi connectivity index (χ2v) is 10.4. The number of rotatable bonds is 9. The van der Waals surface area contributed by atoms with E-state index in [-0.39, 0.29) is 5.91 Å². The summed E-state index contributed by atoms with van der Waals surface area (Å²) in [5.74, 6) is 0.489. The van der Waals surface area contributed by atoms with Crippen molar-refractivity contribution >= 4 is 23.2 Å². The first-order valence-electron chi connectivity index (χ1n) is 13.9. The van der Waals surface area contributed by atoms with Gasteiger partial charge in [0.2, 0.25) is 5.95 Å². The highest BCUT2D eigenvalue weighted by atomic mass is 16.2. The molecular formula is C32H37N7O. The Labute approximate surface area is 236 Å². The van der Waals surface area contributed by atoms with Crippen LogP contribution in [0.25, 0.3) is 11.3 Å².